The maximum absolute atomic E-state index is 12.1. The minimum atomic E-state index is 0.0363. The summed E-state index contributed by atoms with van der Waals surface area (Å²) in [5.41, 5.74) is 2.70. The van der Waals surface area contributed by atoms with E-state index in [1.54, 1.807) is 4.68 Å². The predicted molar refractivity (Wildman–Crippen MR) is 76.1 cm³/mol. The summed E-state index contributed by atoms with van der Waals surface area (Å²) < 4.78 is 1.79. The molecule has 0 aliphatic heterocycles. The SMILES string of the molecule is Cc1nn(C)c(C)c1NC(=O)CN(C)C(C)C1CC1. The second-order valence-corrected chi connectivity index (χ2v) is 5.71. The third-order valence-corrected chi connectivity index (χ3v) is 4.17. The summed E-state index contributed by atoms with van der Waals surface area (Å²) in [4.78, 5) is 14.2. The monoisotopic (exact) mass is 264 g/mol. The summed E-state index contributed by atoms with van der Waals surface area (Å²) in [7, 11) is 3.91. The fourth-order valence-corrected chi connectivity index (χ4v) is 2.44. The van der Waals surface area contributed by atoms with Crippen LogP contribution in [-0.2, 0) is 11.8 Å². The maximum Gasteiger partial charge on any atom is 0.238 e. The normalized spacial score (nSPS) is 16.7. The molecule has 5 nitrogen and oxygen atoms in total. The van der Waals surface area contributed by atoms with Crippen molar-refractivity contribution in [2.45, 2.75) is 39.7 Å². The van der Waals surface area contributed by atoms with Gasteiger partial charge in [0.2, 0.25) is 5.91 Å². The zero-order valence-corrected chi connectivity index (χ0v) is 12.5. The summed E-state index contributed by atoms with van der Waals surface area (Å²) in [6.07, 6.45) is 2.60. The molecule has 0 bridgehead atoms. The number of carbonyl (C=O) groups is 1. The summed E-state index contributed by atoms with van der Waals surface area (Å²) >= 11 is 0. The zero-order chi connectivity index (χ0) is 14.2. The van der Waals surface area contributed by atoms with Crippen LogP contribution in [0.3, 0.4) is 0 Å². The number of carbonyl (C=O) groups excluding carboxylic acids is 1. The van der Waals surface area contributed by atoms with Crippen LogP contribution in [0.2, 0.25) is 0 Å². The van der Waals surface area contributed by atoms with Gasteiger partial charge in [0.05, 0.1) is 23.6 Å². The van der Waals surface area contributed by atoms with Crippen molar-refractivity contribution >= 4 is 11.6 Å². The zero-order valence-electron chi connectivity index (χ0n) is 12.5. The third kappa shape index (κ3) is 3.15. The topological polar surface area (TPSA) is 50.2 Å². The molecule has 0 radical (unpaired) electrons. The molecule has 5 heteroatoms. The second-order valence-electron chi connectivity index (χ2n) is 5.71. The molecule has 1 aliphatic carbocycles. The molecule has 106 valence electrons. The highest BCUT2D eigenvalue weighted by Crippen LogP contribution is 2.34. The van der Waals surface area contributed by atoms with Gasteiger partial charge in [-0.05, 0) is 46.6 Å². The van der Waals surface area contributed by atoms with E-state index in [2.05, 4.69) is 22.2 Å². The molecular formula is C14H24N4O. The molecule has 1 aromatic heterocycles. The highest BCUT2D eigenvalue weighted by molar-refractivity contribution is 5.93. The Hall–Kier alpha value is -1.36. The molecule has 1 N–H and O–H groups in total. The number of aromatic nitrogens is 2. The average Bonchev–Trinajstić information content (AvgIpc) is 3.14. The second kappa shape index (κ2) is 5.33. The van der Waals surface area contributed by atoms with E-state index in [0.29, 0.717) is 12.6 Å². The number of nitrogens with zero attached hydrogens (tertiary/aromatic N) is 3. The van der Waals surface area contributed by atoms with Crippen LogP contribution in [0, 0.1) is 19.8 Å². The minimum Gasteiger partial charge on any atom is -0.322 e. The van der Waals surface area contributed by atoms with Crippen LogP contribution in [0.5, 0.6) is 0 Å². The van der Waals surface area contributed by atoms with Crippen molar-refractivity contribution in [2.24, 2.45) is 13.0 Å². The van der Waals surface area contributed by atoms with Gasteiger partial charge in [-0.1, -0.05) is 0 Å². The van der Waals surface area contributed by atoms with Gasteiger partial charge < -0.3 is 5.32 Å². The van der Waals surface area contributed by atoms with Gasteiger partial charge in [0, 0.05) is 13.1 Å². The first-order valence-corrected chi connectivity index (χ1v) is 6.90. The van der Waals surface area contributed by atoms with Crippen LogP contribution < -0.4 is 5.32 Å². The van der Waals surface area contributed by atoms with Crippen LogP contribution >= 0.6 is 0 Å². The lowest BCUT2D eigenvalue weighted by Gasteiger charge is -2.23. The van der Waals surface area contributed by atoms with Gasteiger partial charge in [0.25, 0.3) is 0 Å². The largest absolute Gasteiger partial charge is 0.322 e. The number of likely N-dealkylation sites (N-methyl/N-ethyl adjacent to an activating group) is 1. The Morgan fingerprint density at radius 1 is 1.53 bits per heavy atom. The Morgan fingerprint density at radius 2 is 2.16 bits per heavy atom. The van der Waals surface area contributed by atoms with Crippen molar-refractivity contribution < 1.29 is 4.79 Å². The van der Waals surface area contributed by atoms with Gasteiger partial charge in [-0.25, -0.2) is 0 Å². The van der Waals surface area contributed by atoms with E-state index in [1.807, 2.05) is 27.9 Å². The van der Waals surface area contributed by atoms with Gasteiger partial charge in [-0.2, -0.15) is 5.10 Å². The van der Waals surface area contributed by atoms with Crippen LogP contribution in [0.25, 0.3) is 0 Å². The molecule has 0 spiro atoms. The van der Waals surface area contributed by atoms with Crippen molar-refractivity contribution in [1.29, 1.82) is 0 Å². The van der Waals surface area contributed by atoms with Gasteiger partial charge >= 0.3 is 0 Å². The summed E-state index contributed by atoms with van der Waals surface area (Å²) in [5.74, 6) is 0.814. The molecule has 1 aliphatic rings. The van der Waals surface area contributed by atoms with E-state index in [0.717, 1.165) is 23.0 Å². The van der Waals surface area contributed by atoms with Crippen LogP contribution in [0.1, 0.15) is 31.2 Å². The first-order valence-electron chi connectivity index (χ1n) is 6.90. The number of hydrogen-bond donors (Lipinski definition) is 1. The van der Waals surface area contributed by atoms with Crippen LogP contribution in [-0.4, -0.2) is 40.2 Å². The van der Waals surface area contributed by atoms with E-state index in [-0.39, 0.29) is 5.91 Å². The quantitative estimate of drug-likeness (QED) is 0.880. The van der Waals surface area contributed by atoms with E-state index in [9.17, 15) is 4.79 Å². The molecule has 2 rings (SSSR count). The van der Waals surface area contributed by atoms with E-state index in [1.165, 1.54) is 12.8 Å². The highest BCUT2D eigenvalue weighted by atomic mass is 16.2. The Bertz CT molecular complexity index is 476. The fraction of sp³-hybridized carbons (Fsp3) is 0.714. The first-order chi connectivity index (χ1) is 8.90. The number of amides is 1. The lowest BCUT2D eigenvalue weighted by molar-refractivity contribution is -0.117. The predicted octanol–water partition coefficient (Wildman–Crippen LogP) is 1.71. The molecule has 1 unspecified atom stereocenters. The van der Waals surface area contributed by atoms with Crippen LogP contribution in [0.15, 0.2) is 0 Å². The number of aryl methyl sites for hydroxylation is 2. The van der Waals surface area contributed by atoms with Gasteiger partial charge in [-0.3, -0.25) is 14.4 Å². The fourth-order valence-electron chi connectivity index (χ4n) is 2.44. The van der Waals surface area contributed by atoms with Crippen molar-refractivity contribution in [1.82, 2.24) is 14.7 Å². The summed E-state index contributed by atoms with van der Waals surface area (Å²) in [6.45, 7) is 6.52. The standard InChI is InChI=1S/C14H24N4O/c1-9-14(11(3)18(5)16-9)15-13(19)8-17(4)10(2)12-6-7-12/h10,12H,6-8H2,1-5H3,(H,15,19). The number of rotatable bonds is 5. The molecule has 1 heterocycles. The Kier molecular flexibility index (Phi) is 3.94. The van der Waals surface area contributed by atoms with Gasteiger partial charge in [0.15, 0.2) is 0 Å². The summed E-state index contributed by atoms with van der Waals surface area (Å²) in [6, 6.07) is 0.488. The van der Waals surface area contributed by atoms with Gasteiger partial charge in [-0.15, -0.1) is 0 Å². The maximum atomic E-state index is 12.1. The Labute approximate surface area is 115 Å². The third-order valence-electron chi connectivity index (χ3n) is 4.17. The average molecular weight is 264 g/mol. The smallest absolute Gasteiger partial charge is 0.238 e. The first kappa shape index (κ1) is 14.1. The van der Waals surface area contributed by atoms with E-state index in [4.69, 9.17) is 0 Å². The van der Waals surface area contributed by atoms with E-state index < -0.39 is 0 Å². The van der Waals surface area contributed by atoms with Crippen molar-refractivity contribution in [3.63, 3.8) is 0 Å². The molecular weight excluding hydrogens is 240 g/mol. The van der Waals surface area contributed by atoms with Crippen molar-refractivity contribution in [3.05, 3.63) is 11.4 Å². The summed E-state index contributed by atoms with van der Waals surface area (Å²) in [5, 5.41) is 7.28. The molecule has 19 heavy (non-hydrogen) atoms. The van der Waals surface area contributed by atoms with Crippen LogP contribution in [0.4, 0.5) is 5.69 Å². The lowest BCUT2D eigenvalue weighted by atomic mass is 10.2. The molecule has 1 amide bonds. The number of anilines is 1. The molecule has 1 atom stereocenters. The number of hydrogen-bond acceptors (Lipinski definition) is 3. The highest BCUT2D eigenvalue weighted by Gasteiger charge is 2.31. The lowest BCUT2D eigenvalue weighted by Crippen LogP contribution is -2.37. The molecule has 1 saturated carbocycles. The van der Waals surface area contributed by atoms with E-state index >= 15 is 0 Å². The van der Waals surface area contributed by atoms with Gasteiger partial charge in [0.1, 0.15) is 0 Å². The number of nitrogens with one attached hydrogen (secondary N) is 1. The Balaban J connectivity index is 1.93. The molecule has 1 fully saturated rings. The Morgan fingerprint density at radius 3 is 2.63 bits per heavy atom. The molecule has 0 aromatic carbocycles. The van der Waals surface area contributed by atoms with Crippen molar-refractivity contribution in [2.75, 3.05) is 18.9 Å². The molecule has 1 aromatic rings. The van der Waals surface area contributed by atoms with Crippen molar-refractivity contribution in [3.8, 4) is 0 Å². The minimum absolute atomic E-state index is 0.0363. The molecule has 0 saturated heterocycles.